The lowest BCUT2D eigenvalue weighted by Crippen LogP contribution is -2.41. The Morgan fingerprint density at radius 2 is 1.81 bits per heavy atom. The van der Waals surface area contributed by atoms with Gasteiger partial charge >= 0.3 is 0 Å². The molecule has 132 valence electrons. The first kappa shape index (κ1) is 16.3. The fourth-order valence-electron chi connectivity index (χ4n) is 3.56. The number of nitrogens with two attached hydrogens (primary N) is 1. The van der Waals surface area contributed by atoms with Crippen molar-refractivity contribution in [2.24, 2.45) is 11.7 Å². The number of hydrogen-bond donors (Lipinski definition) is 2. The maximum atomic E-state index is 12.7. The van der Waals surface area contributed by atoms with E-state index in [9.17, 15) is 9.59 Å². The van der Waals surface area contributed by atoms with Gasteiger partial charge in [0.05, 0.1) is 5.69 Å². The highest BCUT2D eigenvalue weighted by Crippen LogP contribution is 2.28. The highest BCUT2D eigenvalue weighted by atomic mass is 16.2. The summed E-state index contributed by atoms with van der Waals surface area (Å²) in [5.41, 5.74) is 7.56. The number of rotatable bonds is 3. The molecule has 1 aliphatic heterocycles. The Hall–Kier alpha value is -3.15. The molecule has 0 spiro atoms. The van der Waals surface area contributed by atoms with E-state index in [4.69, 9.17) is 5.73 Å². The number of primary amides is 1. The number of nitrogens with one attached hydrogen (secondary N) is 1. The molecule has 1 aromatic heterocycles. The number of nitrogens with zero attached hydrogens (tertiary/aromatic N) is 2. The van der Waals surface area contributed by atoms with E-state index in [1.165, 1.54) is 0 Å². The molecule has 0 bridgehead atoms. The number of H-pyrrole nitrogens is 1. The van der Waals surface area contributed by atoms with Gasteiger partial charge in [-0.1, -0.05) is 42.5 Å². The van der Waals surface area contributed by atoms with E-state index in [1.54, 1.807) is 11.0 Å². The molecule has 0 saturated carbocycles. The van der Waals surface area contributed by atoms with Gasteiger partial charge < -0.3 is 10.6 Å². The van der Waals surface area contributed by atoms with E-state index in [-0.39, 0.29) is 17.7 Å². The summed E-state index contributed by atoms with van der Waals surface area (Å²) in [6.07, 6.45) is 1.23. The molecule has 3 N–H and O–H groups in total. The Bertz CT molecular complexity index is 965. The van der Waals surface area contributed by atoms with Gasteiger partial charge in [-0.05, 0) is 29.7 Å². The number of benzene rings is 2. The van der Waals surface area contributed by atoms with Crippen LogP contribution in [0, 0.1) is 5.92 Å². The number of aromatic nitrogens is 2. The van der Waals surface area contributed by atoms with Crippen LogP contribution in [0.15, 0.2) is 48.5 Å². The van der Waals surface area contributed by atoms with Crippen molar-refractivity contribution in [1.82, 2.24) is 15.1 Å². The summed E-state index contributed by atoms with van der Waals surface area (Å²) in [4.78, 5) is 25.7. The number of carbonyl (C=O) groups is 2. The van der Waals surface area contributed by atoms with Crippen molar-refractivity contribution >= 4 is 22.6 Å². The van der Waals surface area contributed by atoms with Gasteiger partial charge in [-0.25, -0.2) is 0 Å². The summed E-state index contributed by atoms with van der Waals surface area (Å²) in [5.74, 6) is -0.504. The van der Waals surface area contributed by atoms with Gasteiger partial charge in [0.1, 0.15) is 5.69 Å². The standard InChI is InChI=1S/C20H20N4O2/c21-19(25)14-8-10-24(11-9-14)20(26)18-12-17(22-23-18)16-7-3-5-13-4-1-2-6-15(13)16/h1-7,12,14H,8-11H2,(H2,21,25)(H,22,23). The molecule has 2 amide bonds. The number of fused-ring (bicyclic) bond motifs is 1. The molecule has 0 unspecified atom stereocenters. The van der Waals surface area contributed by atoms with Gasteiger partial charge in [0.2, 0.25) is 5.91 Å². The van der Waals surface area contributed by atoms with Crippen molar-refractivity contribution in [1.29, 1.82) is 0 Å². The average Bonchev–Trinajstić information content (AvgIpc) is 3.17. The molecule has 6 nitrogen and oxygen atoms in total. The van der Waals surface area contributed by atoms with E-state index in [2.05, 4.69) is 28.4 Å². The molecule has 0 atom stereocenters. The van der Waals surface area contributed by atoms with Crippen LogP contribution < -0.4 is 5.73 Å². The number of likely N-dealkylation sites (tertiary alicyclic amines) is 1. The number of amides is 2. The Balaban J connectivity index is 1.56. The number of hydrogen-bond acceptors (Lipinski definition) is 3. The summed E-state index contributed by atoms with van der Waals surface area (Å²) in [6.45, 7) is 1.07. The van der Waals surface area contributed by atoms with Crippen LogP contribution in [0.4, 0.5) is 0 Å². The third kappa shape index (κ3) is 2.94. The van der Waals surface area contributed by atoms with Crippen molar-refractivity contribution in [3.05, 3.63) is 54.2 Å². The summed E-state index contributed by atoms with van der Waals surface area (Å²) in [6, 6.07) is 15.9. The van der Waals surface area contributed by atoms with Crippen LogP contribution in [0.25, 0.3) is 22.0 Å². The van der Waals surface area contributed by atoms with Gasteiger partial charge in [0.25, 0.3) is 5.91 Å². The fourth-order valence-corrected chi connectivity index (χ4v) is 3.56. The first-order valence-corrected chi connectivity index (χ1v) is 8.75. The predicted molar refractivity (Wildman–Crippen MR) is 99.4 cm³/mol. The molecular formula is C20H20N4O2. The molecule has 1 fully saturated rings. The zero-order valence-corrected chi connectivity index (χ0v) is 14.3. The van der Waals surface area contributed by atoms with Crippen LogP contribution in [0.5, 0.6) is 0 Å². The SMILES string of the molecule is NC(=O)C1CCN(C(=O)c2cc(-c3cccc4ccccc34)n[nH]2)CC1. The monoisotopic (exact) mass is 348 g/mol. The first-order chi connectivity index (χ1) is 12.6. The molecule has 0 aliphatic carbocycles. The predicted octanol–water partition coefficient (Wildman–Crippen LogP) is 2.57. The van der Waals surface area contributed by atoms with Crippen molar-refractivity contribution in [3.8, 4) is 11.3 Å². The maximum Gasteiger partial charge on any atom is 0.271 e. The van der Waals surface area contributed by atoms with E-state index in [1.807, 2.05) is 24.3 Å². The fraction of sp³-hybridized carbons (Fsp3) is 0.250. The average molecular weight is 348 g/mol. The molecule has 26 heavy (non-hydrogen) atoms. The third-order valence-electron chi connectivity index (χ3n) is 5.06. The van der Waals surface area contributed by atoms with Crippen molar-refractivity contribution in [3.63, 3.8) is 0 Å². The molecule has 1 saturated heterocycles. The van der Waals surface area contributed by atoms with E-state index in [0.29, 0.717) is 31.6 Å². The lowest BCUT2D eigenvalue weighted by molar-refractivity contribution is -0.123. The Morgan fingerprint density at radius 1 is 1.08 bits per heavy atom. The summed E-state index contributed by atoms with van der Waals surface area (Å²) >= 11 is 0. The normalized spacial score (nSPS) is 15.3. The zero-order valence-electron chi connectivity index (χ0n) is 14.3. The van der Waals surface area contributed by atoms with E-state index < -0.39 is 0 Å². The van der Waals surface area contributed by atoms with Gasteiger partial charge in [-0.15, -0.1) is 0 Å². The summed E-state index contributed by atoms with van der Waals surface area (Å²) in [5, 5.41) is 9.45. The number of carbonyl (C=O) groups excluding carboxylic acids is 2. The highest BCUT2D eigenvalue weighted by Gasteiger charge is 2.27. The maximum absolute atomic E-state index is 12.7. The van der Waals surface area contributed by atoms with Crippen molar-refractivity contribution in [2.45, 2.75) is 12.8 Å². The molecular weight excluding hydrogens is 328 g/mol. The second kappa shape index (κ2) is 6.63. The van der Waals surface area contributed by atoms with Gasteiger partial charge in [0.15, 0.2) is 0 Å². The van der Waals surface area contributed by atoms with Crippen LogP contribution >= 0.6 is 0 Å². The van der Waals surface area contributed by atoms with E-state index >= 15 is 0 Å². The number of piperidine rings is 1. The van der Waals surface area contributed by atoms with Crippen molar-refractivity contribution in [2.75, 3.05) is 13.1 Å². The van der Waals surface area contributed by atoms with Crippen LogP contribution in [0.3, 0.4) is 0 Å². The van der Waals surface area contributed by atoms with Crippen LogP contribution in [-0.4, -0.2) is 40.0 Å². The molecule has 1 aliphatic rings. The van der Waals surface area contributed by atoms with Crippen molar-refractivity contribution < 1.29 is 9.59 Å². The molecule has 2 heterocycles. The summed E-state index contributed by atoms with van der Waals surface area (Å²) in [7, 11) is 0. The second-order valence-electron chi connectivity index (χ2n) is 6.66. The van der Waals surface area contributed by atoms with Crippen LogP contribution in [0.2, 0.25) is 0 Å². The molecule has 4 rings (SSSR count). The minimum absolute atomic E-state index is 0.0908. The largest absolute Gasteiger partial charge is 0.369 e. The summed E-state index contributed by atoms with van der Waals surface area (Å²) < 4.78 is 0. The van der Waals surface area contributed by atoms with Crippen LogP contribution in [0.1, 0.15) is 23.3 Å². The topological polar surface area (TPSA) is 92.1 Å². The number of aromatic amines is 1. The minimum atomic E-state index is -0.281. The van der Waals surface area contributed by atoms with Crippen LogP contribution in [-0.2, 0) is 4.79 Å². The Kier molecular flexibility index (Phi) is 4.16. The van der Waals surface area contributed by atoms with Gasteiger partial charge in [-0.3, -0.25) is 14.7 Å². The van der Waals surface area contributed by atoms with Gasteiger partial charge in [0, 0.05) is 24.6 Å². The smallest absolute Gasteiger partial charge is 0.271 e. The minimum Gasteiger partial charge on any atom is -0.369 e. The Labute approximate surface area is 151 Å². The first-order valence-electron chi connectivity index (χ1n) is 8.75. The van der Waals surface area contributed by atoms with Gasteiger partial charge in [-0.2, -0.15) is 5.10 Å². The third-order valence-corrected chi connectivity index (χ3v) is 5.06. The molecule has 3 aromatic rings. The lowest BCUT2D eigenvalue weighted by atomic mass is 9.96. The second-order valence-corrected chi connectivity index (χ2v) is 6.66. The quantitative estimate of drug-likeness (QED) is 0.762. The molecule has 6 heteroatoms. The molecule has 0 radical (unpaired) electrons. The highest BCUT2D eigenvalue weighted by molar-refractivity contribution is 5.98. The molecule has 2 aromatic carbocycles. The zero-order chi connectivity index (χ0) is 18.1. The lowest BCUT2D eigenvalue weighted by Gasteiger charge is -2.30. The Morgan fingerprint density at radius 3 is 2.58 bits per heavy atom. The van der Waals surface area contributed by atoms with E-state index in [0.717, 1.165) is 22.0 Å².